The number of piperidine rings is 1. The van der Waals surface area contributed by atoms with Crippen LogP contribution >= 0.6 is 0 Å². The van der Waals surface area contributed by atoms with Gasteiger partial charge in [-0.2, -0.15) is 0 Å². The van der Waals surface area contributed by atoms with Gasteiger partial charge in [0.2, 0.25) is 5.91 Å². The van der Waals surface area contributed by atoms with E-state index in [1.807, 2.05) is 23.1 Å². The van der Waals surface area contributed by atoms with E-state index in [0.29, 0.717) is 38.0 Å². The van der Waals surface area contributed by atoms with Crippen LogP contribution in [0.4, 0.5) is 0 Å². The highest BCUT2D eigenvalue weighted by Gasteiger charge is 2.51. The Hall–Kier alpha value is -2.67. The number of carbonyl (C=O) groups is 2. The molecule has 1 saturated heterocycles. The summed E-state index contributed by atoms with van der Waals surface area (Å²) < 4.78 is 0. The Balaban J connectivity index is 1.37. The van der Waals surface area contributed by atoms with Crippen molar-refractivity contribution >= 4 is 11.8 Å². The van der Waals surface area contributed by atoms with Crippen LogP contribution < -0.4 is 0 Å². The van der Waals surface area contributed by atoms with Gasteiger partial charge in [-0.25, -0.2) is 4.98 Å². The topological polar surface area (TPSA) is 89.5 Å². The molecule has 2 amide bonds. The molecule has 0 radical (unpaired) electrons. The maximum Gasteiger partial charge on any atom is 0.256 e. The summed E-state index contributed by atoms with van der Waals surface area (Å²) in [6.45, 7) is 1.71. The van der Waals surface area contributed by atoms with Crippen molar-refractivity contribution in [3.8, 4) is 0 Å². The van der Waals surface area contributed by atoms with Crippen molar-refractivity contribution in [2.24, 2.45) is 5.92 Å². The third-order valence-corrected chi connectivity index (χ3v) is 6.71. The molecule has 1 aromatic carbocycles. The maximum absolute atomic E-state index is 13.0. The van der Waals surface area contributed by atoms with Gasteiger partial charge in [0.15, 0.2) is 6.10 Å². The lowest BCUT2D eigenvalue weighted by atomic mass is 9.78. The van der Waals surface area contributed by atoms with E-state index < -0.39 is 11.6 Å². The normalized spacial score (nSPS) is 21.7. The van der Waals surface area contributed by atoms with E-state index in [1.165, 1.54) is 0 Å². The number of hydrogen-bond donors (Lipinski definition) is 2. The number of fused-ring (bicyclic) bond motifs is 2. The summed E-state index contributed by atoms with van der Waals surface area (Å²) in [4.78, 5) is 37.5. The highest BCUT2D eigenvalue weighted by molar-refractivity contribution is 5.83. The molecule has 1 spiro atoms. The zero-order valence-electron chi connectivity index (χ0n) is 16.4. The molecule has 1 atom stereocenters. The van der Waals surface area contributed by atoms with Gasteiger partial charge in [0, 0.05) is 37.7 Å². The van der Waals surface area contributed by atoms with E-state index >= 15 is 0 Å². The number of imidazole rings is 1. The van der Waals surface area contributed by atoms with Crippen LogP contribution in [0.5, 0.6) is 0 Å². The Labute approximate surface area is 169 Å². The summed E-state index contributed by atoms with van der Waals surface area (Å²) in [6.07, 6.45) is 4.62. The number of benzene rings is 1. The van der Waals surface area contributed by atoms with Gasteiger partial charge in [0.1, 0.15) is 0 Å². The highest BCUT2D eigenvalue weighted by Crippen LogP contribution is 2.45. The van der Waals surface area contributed by atoms with Crippen molar-refractivity contribution in [2.75, 3.05) is 19.6 Å². The van der Waals surface area contributed by atoms with E-state index in [-0.39, 0.29) is 17.7 Å². The van der Waals surface area contributed by atoms with Gasteiger partial charge < -0.3 is 19.9 Å². The van der Waals surface area contributed by atoms with Crippen LogP contribution in [0.1, 0.15) is 48.7 Å². The molecule has 7 heteroatoms. The molecule has 7 nitrogen and oxygen atoms in total. The lowest BCUT2D eigenvalue weighted by Crippen LogP contribution is -2.59. The van der Waals surface area contributed by atoms with Gasteiger partial charge in [0.25, 0.3) is 5.91 Å². The molecule has 2 aliphatic heterocycles. The van der Waals surface area contributed by atoms with Gasteiger partial charge in [-0.3, -0.25) is 9.59 Å². The van der Waals surface area contributed by atoms with Crippen LogP contribution in [-0.2, 0) is 21.5 Å². The van der Waals surface area contributed by atoms with Gasteiger partial charge in [-0.1, -0.05) is 30.3 Å². The second-order valence-corrected chi connectivity index (χ2v) is 8.41. The molecule has 0 bridgehead atoms. The molecule has 5 rings (SSSR count). The van der Waals surface area contributed by atoms with Crippen molar-refractivity contribution in [3.63, 3.8) is 0 Å². The Morgan fingerprint density at radius 2 is 1.86 bits per heavy atom. The van der Waals surface area contributed by atoms with Gasteiger partial charge in [0.05, 0.1) is 17.6 Å². The second-order valence-electron chi connectivity index (χ2n) is 8.41. The fourth-order valence-electron chi connectivity index (χ4n) is 4.90. The van der Waals surface area contributed by atoms with Crippen LogP contribution in [0.3, 0.4) is 0 Å². The SMILES string of the molecule is O=C([C@H](O)c1ccccc1)N1CCC2(CC1)c1nc[nH]c1CCN2C(=O)C1CC1. The van der Waals surface area contributed by atoms with Crippen LogP contribution in [-0.4, -0.2) is 56.3 Å². The molecule has 3 aliphatic rings. The van der Waals surface area contributed by atoms with Crippen molar-refractivity contribution in [1.82, 2.24) is 19.8 Å². The second kappa shape index (κ2) is 6.99. The number of hydrogen-bond acceptors (Lipinski definition) is 4. The van der Waals surface area contributed by atoms with E-state index in [2.05, 4.69) is 9.97 Å². The van der Waals surface area contributed by atoms with Crippen molar-refractivity contribution in [2.45, 2.75) is 43.7 Å². The fraction of sp³-hybridized carbons (Fsp3) is 0.500. The third kappa shape index (κ3) is 3.04. The predicted octanol–water partition coefficient (Wildman–Crippen LogP) is 1.76. The number of aliphatic hydroxyl groups excluding tert-OH is 1. The smallest absolute Gasteiger partial charge is 0.256 e. The van der Waals surface area contributed by atoms with Crippen LogP contribution in [0.25, 0.3) is 0 Å². The quantitative estimate of drug-likeness (QED) is 0.830. The van der Waals surface area contributed by atoms with E-state index in [9.17, 15) is 14.7 Å². The minimum Gasteiger partial charge on any atom is -0.378 e. The van der Waals surface area contributed by atoms with Gasteiger partial charge in [-0.05, 0) is 31.2 Å². The van der Waals surface area contributed by atoms with E-state index in [1.54, 1.807) is 23.4 Å². The number of nitrogens with zero attached hydrogens (tertiary/aromatic N) is 3. The summed E-state index contributed by atoms with van der Waals surface area (Å²) in [7, 11) is 0. The standard InChI is InChI=1S/C22H26N4O3/c27-18(15-4-2-1-3-5-15)21(29)25-12-9-22(10-13-25)19-17(23-14-24-19)8-11-26(22)20(28)16-6-7-16/h1-5,14,16,18,27H,6-13H2,(H,23,24)/t18-/m1/s1. The third-order valence-electron chi connectivity index (χ3n) is 6.71. The molecule has 29 heavy (non-hydrogen) atoms. The average Bonchev–Trinajstić information content (AvgIpc) is 3.50. The maximum atomic E-state index is 13.0. The summed E-state index contributed by atoms with van der Waals surface area (Å²) >= 11 is 0. The van der Waals surface area contributed by atoms with Crippen LogP contribution in [0.2, 0.25) is 0 Å². The molecule has 2 fully saturated rings. The van der Waals surface area contributed by atoms with Gasteiger partial charge in [-0.15, -0.1) is 0 Å². The number of nitrogens with one attached hydrogen (secondary N) is 1. The predicted molar refractivity (Wildman–Crippen MR) is 106 cm³/mol. The lowest BCUT2D eigenvalue weighted by Gasteiger charge is -2.50. The molecular formula is C22H26N4O3. The number of aromatic amines is 1. The van der Waals surface area contributed by atoms with E-state index in [4.69, 9.17) is 0 Å². The number of aliphatic hydroxyl groups is 1. The Bertz CT molecular complexity index is 913. The van der Waals surface area contributed by atoms with Crippen molar-refractivity contribution < 1.29 is 14.7 Å². The number of carbonyl (C=O) groups excluding carboxylic acids is 2. The molecule has 1 aromatic heterocycles. The van der Waals surface area contributed by atoms with E-state index in [0.717, 1.165) is 30.7 Å². The first-order valence-corrected chi connectivity index (χ1v) is 10.5. The van der Waals surface area contributed by atoms with Gasteiger partial charge >= 0.3 is 0 Å². The monoisotopic (exact) mass is 394 g/mol. The zero-order chi connectivity index (χ0) is 20.0. The van der Waals surface area contributed by atoms with Crippen molar-refractivity contribution in [1.29, 1.82) is 0 Å². The molecular weight excluding hydrogens is 368 g/mol. The summed E-state index contributed by atoms with van der Waals surface area (Å²) in [5.74, 6) is 0.124. The first-order valence-electron chi connectivity index (χ1n) is 10.5. The minimum atomic E-state index is -1.15. The first-order chi connectivity index (χ1) is 14.1. The molecule has 3 heterocycles. The molecule has 0 unspecified atom stereocenters. The molecule has 1 saturated carbocycles. The largest absolute Gasteiger partial charge is 0.378 e. The Morgan fingerprint density at radius 3 is 2.55 bits per heavy atom. The lowest BCUT2D eigenvalue weighted by molar-refractivity contribution is -0.149. The molecule has 152 valence electrons. The fourth-order valence-corrected chi connectivity index (χ4v) is 4.90. The number of amides is 2. The minimum absolute atomic E-state index is 0.159. The van der Waals surface area contributed by atoms with Crippen LogP contribution in [0, 0.1) is 5.92 Å². The molecule has 2 aromatic rings. The number of rotatable bonds is 3. The molecule has 2 N–H and O–H groups in total. The van der Waals surface area contributed by atoms with Crippen LogP contribution in [0.15, 0.2) is 36.7 Å². The Morgan fingerprint density at radius 1 is 1.14 bits per heavy atom. The number of likely N-dealkylation sites (tertiary alicyclic amines) is 1. The highest BCUT2D eigenvalue weighted by atomic mass is 16.3. The number of aromatic nitrogens is 2. The Kier molecular flexibility index (Phi) is 4.42. The summed E-state index contributed by atoms with van der Waals surface area (Å²) in [6, 6.07) is 9.03. The first kappa shape index (κ1) is 18.4. The molecule has 1 aliphatic carbocycles. The average molecular weight is 394 g/mol. The summed E-state index contributed by atoms with van der Waals surface area (Å²) in [5, 5.41) is 10.5. The summed E-state index contributed by atoms with van der Waals surface area (Å²) in [5.41, 5.74) is 2.24. The zero-order valence-corrected chi connectivity index (χ0v) is 16.4. The van der Waals surface area contributed by atoms with Crippen molar-refractivity contribution in [3.05, 3.63) is 53.6 Å². The number of H-pyrrole nitrogens is 1.